The number of carboxylic acid groups (broad SMARTS) is 1. The Morgan fingerprint density at radius 3 is 2.56 bits per heavy atom. The zero-order chi connectivity index (χ0) is 13.5. The van der Waals surface area contributed by atoms with Gasteiger partial charge in [0.15, 0.2) is 0 Å². The van der Waals surface area contributed by atoms with Crippen LogP contribution in [-0.4, -0.2) is 72.1 Å². The van der Waals surface area contributed by atoms with Gasteiger partial charge in [-0.15, -0.1) is 0 Å². The van der Waals surface area contributed by atoms with Crippen LogP contribution in [0.4, 0.5) is 4.79 Å². The summed E-state index contributed by atoms with van der Waals surface area (Å²) in [5.41, 5.74) is 5.01. The van der Waals surface area contributed by atoms with Gasteiger partial charge < -0.3 is 26.0 Å². The van der Waals surface area contributed by atoms with Gasteiger partial charge in [0.25, 0.3) is 0 Å². The average molecular weight is 258 g/mol. The molecule has 1 rings (SSSR count). The number of carbonyl (C=O) groups excluding carboxylic acids is 2. The van der Waals surface area contributed by atoms with E-state index in [2.05, 4.69) is 5.32 Å². The Labute approximate surface area is 105 Å². The summed E-state index contributed by atoms with van der Waals surface area (Å²) in [5.74, 6) is -1.89. The van der Waals surface area contributed by atoms with Gasteiger partial charge in [-0.05, 0) is 13.0 Å². The molecule has 0 aromatic rings. The van der Waals surface area contributed by atoms with E-state index in [1.807, 2.05) is 0 Å². The molecule has 8 heteroatoms. The molecular formula is C10H18N4O4. The first-order chi connectivity index (χ1) is 8.50. The minimum absolute atomic E-state index is 0.380. The third kappa shape index (κ3) is 4.58. The first kappa shape index (κ1) is 14.2. The Morgan fingerprint density at radius 1 is 1.22 bits per heavy atom. The lowest BCUT2D eigenvalue weighted by atomic mass is 10.4. The van der Waals surface area contributed by atoms with E-state index < -0.39 is 24.5 Å². The summed E-state index contributed by atoms with van der Waals surface area (Å²) < 4.78 is 0. The van der Waals surface area contributed by atoms with E-state index in [9.17, 15) is 14.4 Å². The predicted molar refractivity (Wildman–Crippen MR) is 62.9 cm³/mol. The number of carboxylic acids is 1. The van der Waals surface area contributed by atoms with Crippen LogP contribution in [0.2, 0.25) is 0 Å². The van der Waals surface area contributed by atoms with Crippen molar-refractivity contribution in [2.45, 2.75) is 6.42 Å². The zero-order valence-electron chi connectivity index (χ0n) is 10.1. The van der Waals surface area contributed by atoms with E-state index in [0.717, 1.165) is 17.9 Å². The molecule has 1 fully saturated rings. The number of nitrogens with two attached hydrogens (primary N) is 1. The maximum absolute atomic E-state index is 12.1. The quantitative estimate of drug-likeness (QED) is 0.554. The number of urea groups is 1. The van der Waals surface area contributed by atoms with E-state index in [-0.39, 0.29) is 6.54 Å². The van der Waals surface area contributed by atoms with Gasteiger partial charge in [0.1, 0.15) is 13.1 Å². The van der Waals surface area contributed by atoms with Crippen molar-refractivity contribution in [3.8, 4) is 0 Å². The SMILES string of the molecule is NC(=O)CN(CC(=O)O)C(=O)N1CCCNCC1. The molecule has 0 spiro atoms. The summed E-state index contributed by atoms with van der Waals surface area (Å²) in [5, 5.41) is 11.9. The number of rotatable bonds is 4. The highest BCUT2D eigenvalue weighted by atomic mass is 16.4. The number of nitrogens with zero attached hydrogens (tertiary/aromatic N) is 2. The molecule has 0 bridgehead atoms. The van der Waals surface area contributed by atoms with Gasteiger partial charge in [-0.1, -0.05) is 0 Å². The highest BCUT2D eigenvalue weighted by Gasteiger charge is 2.24. The second-order valence-corrected chi connectivity index (χ2v) is 4.09. The number of primary amides is 1. The largest absolute Gasteiger partial charge is 0.480 e. The zero-order valence-corrected chi connectivity index (χ0v) is 10.1. The lowest BCUT2D eigenvalue weighted by Gasteiger charge is -2.27. The van der Waals surface area contributed by atoms with Crippen molar-refractivity contribution >= 4 is 17.9 Å². The van der Waals surface area contributed by atoms with Gasteiger partial charge in [-0.2, -0.15) is 0 Å². The van der Waals surface area contributed by atoms with Crippen molar-refractivity contribution in [1.29, 1.82) is 0 Å². The average Bonchev–Trinajstić information content (AvgIpc) is 2.54. The molecule has 0 aromatic heterocycles. The fraction of sp³-hybridized carbons (Fsp3) is 0.700. The van der Waals surface area contributed by atoms with Crippen molar-refractivity contribution < 1.29 is 19.5 Å². The molecule has 0 radical (unpaired) electrons. The van der Waals surface area contributed by atoms with Gasteiger partial charge >= 0.3 is 12.0 Å². The number of hydrogen-bond acceptors (Lipinski definition) is 4. The number of aliphatic carboxylic acids is 1. The van der Waals surface area contributed by atoms with Crippen molar-refractivity contribution in [1.82, 2.24) is 15.1 Å². The summed E-state index contributed by atoms with van der Waals surface area (Å²) in [6.07, 6.45) is 0.795. The molecule has 0 atom stereocenters. The first-order valence-electron chi connectivity index (χ1n) is 5.75. The van der Waals surface area contributed by atoms with Crippen LogP contribution in [0, 0.1) is 0 Å². The standard InChI is InChI=1S/C10H18N4O4/c11-8(15)6-14(7-9(16)17)10(18)13-4-1-2-12-3-5-13/h12H,1-7H2,(H2,11,15)(H,16,17). The smallest absolute Gasteiger partial charge is 0.323 e. The second kappa shape index (κ2) is 6.80. The van der Waals surface area contributed by atoms with E-state index in [4.69, 9.17) is 10.8 Å². The fourth-order valence-corrected chi connectivity index (χ4v) is 1.78. The van der Waals surface area contributed by atoms with Crippen LogP contribution in [-0.2, 0) is 9.59 Å². The van der Waals surface area contributed by atoms with Crippen LogP contribution in [0.15, 0.2) is 0 Å². The van der Waals surface area contributed by atoms with Gasteiger partial charge in [0.05, 0.1) is 0 Å². The normalized spacial score (nSPS) is 15.9. The van der Waals surface area contributed by atoms with E-state index in [1.54, 1.807) is 0 Å². The number of hydrogen-bond donors (Lipinski definition) is 3. The molecule has 8 nitrogen and oxygen atoms in total. The van der Waals surface area contributed by atoms with Gasteiger partial charge in [0.2, 0.25) is 5.91 Å². The summed E-state index contributed by atoms with van der Waals surface area (Å²) in [4.78, 5) is 36.1. The topological polar surface area (TPSA) is 116 Å². The molecule has 0 unspecified atom stereocenters. The van der Waals surface area contributed by atoms with Crippen LogP contribution in [0.25, 0.3) is 0 Å². The van der Waals surface area contributed by atoms with E-state index >= 15 is 0 Å². The molecule has 0 aliphatic carbocycles. The van der Waals surface area contributed by atoms with E-state index in [0.29, 0.717) is 19.6 Å². The molecule has 1 saturated heterocycles. The predicted octanol–water partition coefficient (Wildman–Crippen LogP) is -1.73. The molecule has 102 valence electrons. The Balaban J connectivity index is 2.66. The summed E-state index contributed by atoms with van der Waals surface area (Å²) in [7, 11) is 0. The van der Waals surface area contributed by atoms with Crippen LogP contribution in [0.3, 0.4) is 0 Å². The van der Waals surface area contributed by atoms with Crippen molar-refractivity contribution in [2.24, 2.45) is 5.73 Å². The molecule has 0 aromatic carbocycles. The van der Waals surface area contributed by atoms with Crippen LogP contribution >= 0.6 is 0 Å². The van der Waals surface area contributed by atoms with Crippen LogP contribution in [0.1, 0.15) is 6.42 Å². The molecule has 1 heterocycles. The lowest BCUT2D eigenvalue weighted by molar-refractivity contribution is -0.138. The van der Waals surface area contributed by atoms with Crippen LogP contribution in [0.5, 0.6) is 0 Å². The third-order valence-corrected chi connectivity index (χ3v) is 2.55. The summed E-state index contributed by atoms with van der Waals surface area (Å²) in [6.45, 7) is 1.61. The molecule has 3 amide bonds. The molecule has 18 heavy (non-hydrogen) atoms. The summed E-state index contributed by atoms with van der Waals surface area (Å²) >= 11 is 0. The van der Waals surface area contributed by atoms with Gasteiger partial charge in [0, 0.05) is 19.6 Å². The van der Waals surface area contributed by atoms with Crippen molar-refractivity contribution in [3.05, 3.63) is 0 Å². The third-order valence-electron chi connectivity index (χ3n) is 2.55. The minimum Gasteiger partial charge on any atom is -0.480 e. The Hall–Kier alpha value is -1.83. The number of amides is 3. The highest BCUT2D eigenvalue weighted by Crippen LogP contribution is 2.02. The minimum atomic E-state index is -1.17. The molecule has 1 aliphatic rings. The lowest BCUT2D eigenvalue weighted by Crippen LogP contribution is -2.49. The van der Waals surface area contributed by atoms with Crippen LogP contribution < -0.4 is 11.1 Å². The van der Waals surface area contributed by atoms with Gasteiger partial charge in [-0.25, -0.2) is 4.79 Å². The van der Waals surface area contributed by atoms with Crippen molar-refractivity contribution in [3.63, 3.8) is 0 Å². The van der Waals surface area contributed by atoms with Gasteiger partial charge in [-0.3, -0.25) is 9.59 Å². The highest BCUT2D eigenvalue weighted by molar-refractivity contribution is 5.86. The monoisotopic (exact) mass is 258 g/mol. The maximum Gasteiger partial charge on any atom is 0.323 e. The molecular weight excluding hydrogens is 240 g/mol. The molecule has 4 N–H and O–H groups in total. The maximum atomic E-state index is 12.1. The Kier molecular flexibility index (Phi) is 5.37. The van der Waals surface area contributed by atoms with Crippen molar-refractivity contribution in [2.75, 3.05) is 39.3 Å². The van der Waals surface area contributed by atoms with E-state index in [1.165, 1.54) is 4.90 Å². The Morgan fingerprint density at radius 2 is 1.94 bits per heavy atom. The fourth-order valence-electron chi connectivity index (χ4n) is 1.78. The molecule has 1 aliphatic heterocycles. The number of nitrogens with one attached hydrogen (secondary N) is 1. The number of carbonyl (C=O) groups is 3. The Bertz CT molecular complexity index is 310. The first-order valence-corrected chi connectivity index (χ1v) is 5.75. The summed E-state index contributed by atoms with van der Waals surface area (Å²) in [6, 6.07) is -0.458. The molecule has 0 saturated carbocycles. The second-order valence-electron chi connectivity index (χ2n) is 4.09.